The molecule has 0 aromatic heterocycles. The molecular formula is C8H11F3N2O4. The molecule has 4 N–H and O–H groups in total. The summed E-state index contributed by atoms with van der Waals surface area (Å²) in [6, 6.07) is -1.56. The smallest absolute Gasteiger partial charge is 0.397 e. The standard InChI is InChI=1S/C8H11F3N2O4/c9-8(10,11)3-6(15)13-4(7(16)17)1-2-5(12)14/h4H,1-3H2,(H2,12,14)(H,13,15)(H,16,17)/t4-/m1/s1. The molecule has 6 nitrogen and oxygen atoms in total. The molecule has 0 aliphatic heterocycles. The van der Waals surface area contributed by atoms with Gasteiger partial charge in [-0.1, -0.05) is 0 Å². The molecule has 98 valence electrons. The van der Waals surface area contributed by atoms with E-state index in [1.807, 2.05) is 0 Å². The van der Waals surface area contributed by atoms with Gasteiger partial charge in [0.25, 0.3) is 0 Å². The van der Waals surface area contributed by atoms with Crippen molar-refractivity contribution in [1.29, 1.82) is 0 Å². The lowest BCUT2D eigenvalue weighted by atomic mass is 10.1. The summed E-state index contributed by atoms with van der Waals surface area (Å²) in [5.74, 6) is -3.79. The van der Waals surface area contributed by atoms with Gasteiger partial charge < -0.3 is 16.2 Å². The number of amides is 2. The molecule has 9 heteroatoms. The van der Waals surface area contributed by atoms with Crippen molar-refractivity contribution in [1.82, 2.24) is 5.32 Å². The van der Waals surface area contributed by atoms with Crippen molar-refractivity contribution in [3.05, 3.63) is 0 Å². The molecule has 0 unspecified atom stereocenters. The maximum Gasteiger partial charge on any atom is 0.397 e. The lowest BCUT2D eigenvalue weighted by Gasteiger charge is -2.14. The lowest BCUT2D eigenvalue weighted by Crippen LogP contribution is -2.42. The van der Waals surface area contributed by atoms with Crippen LogP contribution in [0.3, 0.4) is 0 Å². The van der Waals surface area contributed by atoms with Crippen molar-refractivity contribution in [2.45, 2.75) is 31.5 Å². The first-order valence-corrected chi connectivity index (χ1v) is 4.49. The normalized spacial score (nSPS) is 12.9. The van der Waals surface area contributed by atoms with Crippen LogP contribution < -0.4 is 11.1 Å². The summed E-state index contributed by atoms with van der Waals surface area (Å²) in [5.41, 5.74) is 4.75. The first kappa shape index (κ1) is 15.2. The fourth-order valence-corrected chi connectivity index (χ4v) is 0.971. The number of rotatable bonds is 6. The number of halogens is 3. The molecule has 0 rings (SSSR count). The van der Waals surface area contributed by atoms with Crippen LogP contribution in [-0.2, 0) is 14.4 Å². The van der Waals surface area contributed by atoms with Gasteiger partial charge >= 0.3 is 12.1 Å². The van der Waals surface area contributed by atoms with E-state index in [1.54, 1.807) is 5.32 Å². The largest absolute Gasteiger partial charge is 0.480 e. The number of hydrogen-bond donors (Lipinski definition) is 3. The van der Waals surface area contributed by atoms with Gasteiger partial charge in [-0.25, -0.2) is 4.79 Å². The van der Waals surface area contributed by atoms with Crippen molar-refractivity contribution >= 4 is 17.8 Å². The average Bonchev–Trinajstić information content (AvgIpc) is 2.08. The van der Waals surface area contributed by atoms with Gasteiger partial charge in [-0.05, 0) is 6.42 Å². The number of aliphatic carboxylic acids is 1. The number of carboxylic acids is 1. The SMILES string of the molecule is NC(=O)CC[C@@H](NC(=O)CC(F)(F)F)C(=O)O. The van der Waals surface area contributed by atoms with Crippen molar-refractivity contribution in [2.75, 3.05) is 0 Å². The van der Waals surface area contributed by atoms with Gasteiger partial charge in [0.15, 0.2) is 0 Å². The predicted molar refractivity (Wildman–Crippen MR) is 48.7 cm³/mol. The lowest BCUT2D eigenvalue weighted by molar-refractivity contribution is -0.157. The number of hydrogen-bond acceptors (Lipinski definition) is 3. The third kappa shape index (κ3) is 8.05. The zero-order valence-corrected chi connectivity index (χ0v) is 8.58. The maximum atomic E-state index is 11.8. The molecule has 0 aromatic rings. The first-order chi connectivity index (χ1) is 7.61. The highest BCUT2D eigenvalue weighted by molar-refractivity contribution is 5.84. The Morgan fingerprint density at radius 1 is 1.29 bits per heavy atom. The summed E-state index contributed by atoms with van der Waals surface area (Å²) in [6.07, 6.45) is -7.18. The Morgan fingerprint density at radius 2 is 1.82 bits per heavy atom. The van der Waals surface area contributed by atoms with E-state index in [1.165, 1.54) is 0 Å². The molecule has 0 aliphatic carbocycles. The Morgan fingerprint density at radius 3 is 2.18 bits per heavy atom. The highest BCUT2D eigenvalue weighted by Gasteiger charge is 2.32. The van der Waals surface area contributed by atoms with Crippen LogP contribution in [0, 0.1) is 0 Å². The van der Waals surface area contributed by atoms with Crippen LogP contribution in [0.15, 0.2) is 0 Å². The van der Waals surface area contributed by atoms with Gasteiger partial charge in [0, 0.05) is 6.42 Å². The molecule has 0 heterocycles. The van der Waals surface area contributed by atoms with E-state index in [9.17, 15) is 27.6 Å². The van der Waals surface area contributed by atoms with Crippen molar-refractivity contribution in [3.63, 3.8) is 0 Å². The van der Waals surface area contributed by atoms with Crippen LogP contribution >= 0.6 is 0 Å². The van der Waals surface area contributed by atoms with Crippen LogP contribution in [0.4, 0.5) is 13.2 Å². The molecule has 0 aliphatic rings. The fraction of sp³-hybridized carbons (Fsp3) is 0.625. The molecule has 2 amide bonds. The summed E-state index contributed by atoms with van der Waals surface area (Å²) in [7, 11) is 0. The second-order valence-electron chi connectivity index (χ2n) is 3.26. The number of carbonyl (C=O) groups is 3. The Hall–Kier alpha value is -1.80. The van der Waals surface area contributed by atoms with Crippen LogP contribution in [0.25, 0.3) is 0 Å². The third-order valence-corrected chi connectivity index (χ3v) is 1.67. The second kappa shape index (κ2) is 6.06. The van der Waals surface area contributed by atoms with Crippen LogP contribution in [0.1, 0.15) is 19.3 Å². The number of carboxylic acid groups (broad SMARTS) is 1. The quantitative estimate of drug-likeness (QED) is 0.609. The van der Waals surface area contributed by atoms with Crippen molar-refractivity contribution < 1.29 is 32.7 Å². The predicted octanol–water partition coefficient (Wildman–Crippen LogP) is -0.226. The van der Waals surface area contributed by atoms with Crippen LogP contribution in [-0.4, -0.2) is 35.1 Å². The van der Waals surface area contributed by atoms with Gasteiger partial charge in [0.2, 0.25) is 11.8 Å². The van der Waals surface area contributed by atoms with Gasteiger partial charge in [0.05, 0.1) is 0 Å². The van der Waals surface area contributed by atoms with E-state index in [4.69, 9.17) is 10.8 Å². The topological polar surface area (TPSA) is 109 Å². The van der Waals surface area contributed by atoms with Gasteiger partial charge in [-0.3, -0.25) is 9.59 Å². The third-order valence-electron chi connectivity index (χ3n) is 1.67. The maximum absolute atomic E-state index is 11.8. The molecule has 17 heavy (non-hydrogen) atoms. The summed E-state index contributed by atoms with van der Waals surface area (Å²) in [5, 5.41) is 10.2. The second-order valence-corrected chi connectivity index (χ2v) is 3.26. The Balaban J connectivity index is 4.30. The van der Waals surface area contributed by atoms with Crippen molar-refractivity contribution in [3.8, 4) is 0 Å². The molecule has 0 spiro atoms. The van der Waals surface area contributed by atoms with E-state index in [2.05, 4.69) is 0 Å². The molecule has 0 saturated carbocycles. The highest BCUT2D eigenvalue weighted by atomic mass is 19.4. The molecule has 0 fully saturated rings. The number of carbonyl (C=O) groups excluding carboxylic acids is 2. The zero-order chi connectivity index (χ0) is 13.6. The van der Waals surface area contributed by atoms with E-state index < -0.39 is 36.4 Å². The van der Waals surface area contributed by atoms with E-state index >= 15 is 0 Å². The van der Waals surface area contributed by atoms with Gasteiger partial charge in [0.1, 0.15) is 12.5 Å². The van der Waals surface area contributed by atoms with Gasteiger partial charge in [-0.2, -0.15) is 13.2 Å². The fourth-order valence-electron chi connectivity index (χ4n) is 0.971. The number of primary amides is 1. The molecule has 1 atom stereocenters. The van der Waals surface area contributed by atoms with Crippen LogP contribution in [0.2, 0.25) is 0 Å². The Bertz CT molecular complexity index is 316. The van der Waals surface area contributed by atoms with E-state index in [0.717, 1.165) is 0 Å². The molecular weight excluding hydrogens is 245 g/mol. The number of nitrogens with one attached hydrogen (secondary N) is 1. The van der Waals surface area contributed by atoms with Crippen LogP contribution in [0.5, 0.6) is 0 Å². The van der Waals surface area contributed by atoms with Gasteiger partial charge in [-0.15, -0.1) is 0 Å². The number of nitrogens with two attached hydrogens (primary N) is 1. The van der Waals surface area contributed by atoms with E-state index in [-0.39, 0.29) is 12.8 Å². The molecule has 0 saturated heterocycles. The highest BCUT2D eigenvalue weighted by Crippen LogP contribution is 2.19. The molecule has 0 radical (unpaired) electrons. The minimum atomic E-state index is -4.71. The number of alkyl halides is 3. The summed E-state index contributed by atoms with van der Waals surface area (Å²) in [4.78, 5) is 31.8. The minimum absolute atomic E-state index is 0.344. The van der Waals surface area contributed by atoms with Crippen molar-refractivity contribution in [2.24, 2.45) is 5.73 Å². The Kier molecular flexibility index (Phi) is 5.42. The minimum Gasteiger partial charge on any atom is -0.480 e. The summed E-state index contributed by atoms with van der Waals surface area (Å²) < 4.78 is 35.4. The first-order valence-electron chi connectivity index (χ1n) is 4.49. The molecule has 0 aromatic carbocycles. The molecule has 0 bridgehead atoms. The average molecular weight is 256 g/mol. The summed E-state index contributed by atoms with van der Waals surface area (Å²) in [6.45, 7) is 0. The monoisotopic (exact) mass is 256 g/mol. The zero-order valence-electron chi connectivity index (χ0n) is 8.58. The Labute approximate surface area is 94.0 Å². The summed E-state index contributed by atoms with van der Waals surface area (Å²) >= 11 is 0. The van der Waals surface area contributed by atoms with E-state index in [0.29, 0.717) is 0 Å².